The first kappa shape index (κ1) is 18.5. The maximum absolute atomic E-state index is 13.0. The third-order valence-corrected chi connectivity index (χ3v) is 3.93. The number of carbonyl (C=O) groups is 1. The minimum Gasteiger partial charge on any atom is -0.267 e. The zero-order chi connectivity index (χ0) is 18.9. The summed E-state index contributed by atoms with van der Waals surface area (Å²) in [5.74, 6) is -0.491. The first-order valence-corrected chi connectivity index (χ1v) is 8.68. The Morgan fingerprint density at radius 3 is 2.19 bits per heavy atom. The highest BCUT2D eigenvalue weighted by molar-refractivity contribution is 5.93. The van der Waals surface area contributed by atoms with E-state index in [2.05, 4.69) is 0 Å². The zero-order valence-electron chi connectivity index (χ0n) is 14.8. The van der Waals surface area contributed by atoms with Gasteiger partial charge in [0.05, 0.1) is 6.54 Å². The van der Waals surface area contributed by atoms with Crippen LogP contribution in [-0.4, -0.2) is 17.5 Å². The number of amides is 1. The third-order valence-electron chi connectivity index (χ3n) is 3.93. The molecular formula is C23H20FNO2. The molecule has 0 aliphatic heterocycles. The van der Waals surface area contributed by atoms with Gasteiger partial charge in [-0.25, -0.2) is 9.45 Å². The van der Waals surface area contributed by atoms with E-state index in [-0.39, 0.29) is 18.3 Å². The molecule has 136 valence electrons. The Morgan fingerprint density at radius 2 is 1.52 bits per heavy atom. The summed E-state index contributed by atoms with van der Waals surface area (Å²) < 4.78 is 13.0. The van der Waals surface area contributed by atoms with Crippen molar-refractivity contribution in [2.75, 3.05) is 6.54 Å². The largest absolute Gasteiger partial charge is 0.277 e. The van der Waals surface area contributed by atoms with E-state index < -0.39 is 0 Å². The maximum atomic E-state index is 13.0. The molecule has 0 atom stereocenters. The van der Waals surface area contributed by atoms with Gasteiger partial charge in [0.25, 0.3) is 5.91 Å². The molecule has 3 nitrogen and oxygen atoms in total. The Morgan fingerprint density at radius 1 is 0.889 bits per heavy atom. The lowest BCUT2D eigenvalue weighted by Gasteiger charge is -2.20. The van der Waals surface area contributed by atoms with Gasteiger partial charge < -0.3 is 0 Å². The minimum atomic E-state index is -0.278. The molecule has 3 aromatic carbocycles. The molecule has 0 aliphatic rings. The normalized spacial score (nSPS) is 10.9. The van der Waals surface area contributed by atoms with Crippen molar-refractivity contribution < 1.29 is 14.0 Å². The van der Waals surface area contributed by atoms with Crippen LogP contribution < -0.4 is 0 Å². The van der Waals surface area contributed by atoms with E-state index in [0.717, 1.165) is 11.1 Å². The standard InChI is InChI=1S/C23H20FNO2/c24-22-15-13-19(14-16-22)10-7-17-25(23(26)21-11-5-2-6-12-21)27-18-20-8-3-1-4-9-20/h1-16H,17-18H2/b10-7+. The SMILES string of the molecule is O=C(c1ccccc1)N(C/C=C/c1ccc(F)cc1)OCc1ccccc1. The van der Waals surface area contributed by atoms with Crippen LogP contribution in [0.1, 0.15) is 21.5 Å². The quantitative estimate of drug-likeness (QED) is 0.547. The number of halogens is 1. The number of carbonyl (C=O) groups excluding carboxylic acids is 1. The van der Waals surface area contributed by atoms with E-state index in [0.29, 0.717) is 12.2 Å². The fourth-order valence-corrected chi connectivity index (χ4v) is 2.50. The maximum Gasteiger partial charge on any atom is 0.277 e. The van der Waals surface area contributed by atoms with Gasteiger partial charge in [-0.15, -0.1) is 0 Å². The van der Waals surface area contributed by atoms with Crippen LogP contribution in [0, 0.1) is 5.82 Å². The minimum absolute atomic E-state index is 0.213. The Balaban J connectivity index is 1.70. The Kier molecular flexibility index (Phi) is 6.50. The van der Waals surface area contributed by atoms with Crippen molar-refractivity contribution in [3.63, 3.8) is 0 Å². The number of nitrogens with zero attached hydrogens (tertiary/aromatic N) is 1. The second kappa shape index (κ2) is 9.46. The van der Waals surface area contributed by atoms with Crippen LogP contribution in [0.5, 0.6) is 0 Å². The molecule has 0 unspecified atom stereocenters. The van der Waals surface area contributed by atoms with E-state index in [9.17, 15) is 9.18 Å². The molecule has 0 radical (unpaired) electrons. The number of benzene rings is 3. The van der Waals surface area contributed by atoms with Crippen LogP contribution in [0.4, 0.5) is 4.39 Å². The number of hydroxylamine groups is 2. The average Bonchev–Trinajstić information content (AvgIpc) is 2.73. The molecule has 0 saturated carbocycles. The Labute approximate surface area is 158 Å². The topological polar surface area (TPSA) is 29.5 Å². The summed E-state index contributed by atoms with van der Waals surface area (Å²) in [6.45, 7) is 0.571. The first-order valence-electron chi connectivity index (χ1n) is 8.68. The average molecular weight is 361 g/mol. The molecule has 0 spiro atoms. The van der Waals surface area contributed by atoms with Crippen LogP contribution in [0.2, 0.25) is 0 Å². The molecule has 27 heavy (non-hydrogen) atoms. The highest BCUT2D eigenvalue weighted by Crippen LogP contribution is 2.10. The van der Waals surface area contributed by atoms with E-state index in [4.69, 9.17) is 4.84 Å². The van der Waals surface area contributed by atoms with Crippen molar-refractivity contribution in [3.8, 4) is 0 Å². The third kappa shape index (κ3) is 5.62. The predicted molar refractivity (Wildman–Crippen MR) is 104 cm³/mol. The van der Waals surface area contributed by atoms with Crippen molar-refractivity contribution in [1.82, 2.24) is 5.06 Å². The molecule has 3 rings (SSSR count). The molecule has 0 saturated heterocycles. The van der Waals surface area contributed by atoms with Gasteiger partial charge in [-0.2, -0.15) is 0 Å². The summed E-state index contributed by atoms with van der Waals surface area (Å²) in [6.07, 6.45) is 3.65. The molecule has 4 heteroatoms. The van der Waals surface area contributed by atoms with Gasteiger partial charge in [-0.1, -0.05) is 72.8 Å². The van der Waals surface area contributed by atoms with E-state index in [1.165, 1.54) is 17.2 Å². The molecule has 1 amide bonds. The summed E-state index contributed by atoms with van der Waals surface area (Å²) in [7, 11) is 0. The van der Waals surface area contributed by atoms with Gasteiger partial charge in [-0.3, -0.25) is 9.63 Å². The Bertz CT molecular complexity index is 877. The van der Waals surface area contributed by atoms with Crippen LogP contribution in [0.25, 0.3) is 6.08 Å². The van der Waals surface area contributed by atoms with Crippen LogP contribution in [-0.2, 0) is 11.4 Å². The first-order chi connectivity index (χ1) is 13.2. The lowest BCUT2D eigenvalue weighted by Crippen LogP contribution is -2.31. The highest BCUT2D eigenvalue weighted by Gasteiger charge is 2.15. The smallest absolute Gasteiger partial charge is 0.267 e. The van der Waals surface area contributed by atoms with Gasteiger partial charge in [0.15, 0.2) is 0 Å². The van der Waals surface area contributed by atoms with Crippen LogP contribution in [0.15, 0.2) is 91.0 Å². The van der Waals surface area contributed by atoms with Gasteiger partial charge in [0.2, 0.25) is 0 Å². The summed E-state index contributed by atoms with van der Waals surface area (Å²) in [6, 6.07) is 24.8. The number of rotatable bonds is 7. The molecule has 3 aromatic rings. The van der Waals surface area contributed by atoms with Crippen molar-refractivity contribution in [2.45, 2.75) is 6.61 Å². The zero-order valence-corrected chi connectivity index (χ0v) is 14.8. The molecule has 0 bridgehead atoms. The van der Waals surface area contributed by atoms with E-state index in [1.54, 1.807) is 24.3 Å². The summed E-state index contributed by atoms with van der Waals surface area (Å²) >= 11 is 0. The highest BCUT2D eigenvalue weighted by atomic mass is 19.1. The monoisotopic (exact) mass is 361 g/mol. The van der Waals surface area contributed by atoms with Crippen molar-refractivity contribution in [1.29, 1.82) is 0 Å². The fourth-order valence-electron chi connectivity index (χ4n) is 2.50. The van der Waals surface area contributed by atoms with Crippen LogP contribution >= 0.6 is 0 Å². The molecular weight excluding hydrogens is 341 g/mol. The lowest BCUT2D eigenvalue weighted by molar-refractivity contribution is -0.126. The molecule has 0 heterocycles. The predicted octanol–water partition coefficient (Wildman–Crippen LogP) is 5.11. The number of hydrogen-bond donors (Lipinski definition) is 0. The molecule has 0 fully saturated rings. The van der Waals surface area contributed by atoms with Gasteiger partial charge in [0, 0.05) is 5.56 Å². The summed E-state index contributed by atoms with van der Waals surface area (Å²) in [4.78, 5) is 18.5. The second-order valence-electron chi connectivity index (χ2n) is 5.95. The van der Waals surface area contributed by atoms with Crippen molar-refractivity contribution >= 4 is 12.0 Å². The van der Waals surface area contributed by atoms with E-state index >= 15 is 0 Å². The van der Waals surface area contributed by atoms with Crippen molar-refractivity contribution in [2.24, 2.45) is 0 Å². The number of hydrogen-bond acceptors (Lipinski definition) is 2. The van der Waals surface area contributed by atoms with Gasteiger partial charge >= 0.3 is 0 Å². The second-order valence-corrected chi connectivity index (χ2v) is 5.95. The van der Waals surface area contributed by atoms with Crippen LogP contribution in [0.3, 0.4) is 0 Å². The van der Waals surface area contributed by atoms with Gasteiger partial charge in [-0.05, 0) is 35.4 Å². The fraction of sp³-hybridized carbons (Fsp3) is 0.0870. The lowest BCUT2D eigenvalue weighted by atomic mass is 10.2. The summed E-state index contributed by atoms with van der Waals surface area (Å²) in [5.41, 5.74) is 2.39. The van der Waals surface area contributed by atoms with Gasteiger partial charge in [0.1, 0.15) is 12.4 Å². The summed E-state index contributed by atoms with van der Waals surface area (Å²) in [5, 5.41) is 1.34. The Hall–Kier alpha value is -3.24. The van der Waals surface area contributed by atoms with E-state index in [1.807, 2.05) is 60.7 Å². The van der Waals surface area contributed by atoms with Crippen molar-refractivity contribution in [3.05, 3.63) is 114 Å². The molecule has 0 N–H and O–H groups in total. The molecule has 0 aromatic heterocycles. The molecule has 0 aliphatic carbocycles.